The van der Waals surface area contributed by atoms with Crippen LogP contribution in [0.5, 0.6) is 0 Å². The average Bonchev–Trinajstić information content (AvgIpc) is 2.60. The topological polar surface area (TPSA) is 46.3 Å². The molecule has 2 aliphatic rings. The molecule has 1 amide bonds. The molecule has 12 heavy (non-hydrogen) atoms. The van der Waals surface area contributed by atoms with Crippen molar-refractivity contribution in [2.75, 3.05) is 13.1 Å². The lowest BCUT2D eigenvalue weighted by Crippen LogP contribution is -2.34. The van der Waals surface area contributed by atoms with Gasteiger partial charge in [-0.1, -0.05) is 0 Å². The van der Waals surface area contributed by atoms with Gasteiger partial charge in [0.1, 0.15) is 0 Å². The molecule has 0 aromatic carbocycles. The Hall–Kier alpha value is -0.570. The Morgan fingerprint density at radius 3 is 2.83 bits per heavy atom. The minimum Gasteiger partial charge on any atom is -0.370 e. The van der Waals surface area contributed by atoms with Gasteiger partial charge in [-0.25, -0.2) is 0 Å². The van der Waals surface area contributed by atoms with Crippen molar-refractivity contribution in [2.45, 2.75) is 31.7 Å². The van der Waals surface area contributed by atoms with E-state index in [1.54, 1.807) is 0 Å². The molecule has 0 aromatic heterocycles. The molecule has 3 nitrogen and oxygen atoms in total. The van der Waals surface area contributed by atoms with Gasteiger partial charge in [0, 0.05) is 25.6 Å². The van der Waals surface area contributed by atoms with Crippen molar-refractivity contribution >= 4 is 5.91 Å². The van der Waals surface area contributed by atoms with E-state index in [-0.39, 0.29) is 5.91 Å². The number of carbonyl (C=O) groups excluding carboxylic acids is 1. The number of rotatable bonds is 3. The first-order valence-corrected chi connectivity index (χ1v) is 4.78. The predicted octanol–water partition coefficient (Wildman–Crippen LogP) is 0.346. The van der Waals surface area contributed by atoms with E-state index in [4.69, 9.17) is 5.73 Å². The van der Waals surface area contributed by atoms with Crippen molar-refractivity contribution < 1.29 is 4.79 Å². The third kappa shape index (κ3) is 1.46. The van der Waals surface area contributed by atoms with E-state index in [1.807, 2.05) is 0 Å². The number of carbonyl (C=O) groups is 1. The molecule has 2 rings (SSSR count). The Kier molecular flexibility index (Phi) is 2.05. The van der Waals surface area contributed by atoms with Gasteiger partial charge in [-0.05, 0) is 25.2 Å². The highest BCUT2D eigenvalue weighted by Crippen LogP contribution is 2.37. The van der Waals surface area contributed by atoms with Crippen molar-refractivity contribution in [3.8, 4) is 0 Å². The summed E-state index contributed by atoms with van der Waals surface area (Å²) >= 11 is 0. The number of amides is 1. The average molecular weight is 168 g/mol. The molecule has 1 aliphatic heterocycles. The van der Waals surface area contributed by atoms with Crippen LogP contribution in [0.3, 0.4) is 0 Å². The fourth-order valence-electron chi connectivity index (χ4n) is 2.55. The molecule has 1 aliphatic carbocycles. The molecule has 1 saturated heterocycles. The lowest BCUT2D eigenvalue weighted by atomic mass is 10.1. The van der Waals surface area contributed by atoms with Crippen LogP contribution in [0.4, 0.5) is 0 Å². The van der Waals surface area contributed by atoms with E-state index in [1.165, 1.54) is 25.8 Å². The van der Waals surface area contributed by atoms with E-state index in [9.17, 15) is 4.79 Å². The Morgan fingerprint density at radius 1 is 1.50 bits per heavy atom. The molecule has 2 atom stereocenters. The summed E-state index contributed by atoms with van der Waals surface area (Å²) in [5, 5.41) is 0. The summed E-state index contributed by atoms with van der Waals surface area (Å²) in [6.07, 6.45) is 4.63. The molecule has 2 fully saturated rings. The first-order valence-electron chi connectivity index (χ1n) is 4.78. The highest BCUT2D eigenvalue weighted by molar-refractivity contribution is 5.73. The van der Waals surface area contributed by atoms with Gasteiger partial charge >= 0.3 is 0 Å². The van der Waals surface area contributed by atoms with Crippen LogP contribution < -0.4 is 5.73 Å². The zero-order valence-corrected chi connectivity index (χ0v) is 7.33. The van der Waals surface area contributed by atoms with Crippen LogP contribution >= 0.6 is 0 Å². The maximum atomic E-state index is 10.6. The minimum absolute atomic E-state index is 0.169. The largest absolute Gasteiger partial charge is 0.370 e. The SMILES string of the molecule is NC(=O)CCN1CC2CCC1C2. The third-order valence-electron chi connectivity index (χ3n) is 3.17. The maximum absolute atomic E-state index is 10.6. The molecule has 3 heteroatoms. The lowest BCUT2D eigenvalue weighted by Gasteiger charge is -2.25. The summed E-state index contributed by atoms with van der Waals surface area (Å²) in [7, 11) is 0. The molecule has 2 unspecified atom stereocenters. The van der Waals surface area contributed by atoms with E-state index in [0.717, 1.165) is 18.5 Å². The van der Waals surface area contributed by atoms with Crippen LogP contribution in [-0.4, -0.2) is 29.9 Å². The van der Waals surface area contributed by atoms with Gasteiger partial charge in [0.25, 0.3) is 0 Å². The van der Waals surface area contributed by atoms with Gasteiger partial charge in [0.15, 0.2) is 0 Å². The number of nitrogens with zero attached hydrogens (tertiary/aromatic N) is 1. The summed E-state index contributed by atoms with van der Waals surface area (Å²) in [5.74, 6) is 0.751. The minimum atomic E-state index is -0.169. The van der Waals surface area contributed by atoms with Crippen molar-refractivity contribution in [3.63, 3.8) is 0 Å². The van der Waals surface area contributed by atoms with Gasteiger partial charge < -0.3 is 5.73 Å². The highest BCUT2D eigenvalue weighted by atomic mass is 16.1. The normalized spacial score (nSPS) is 34.3. The molecule has 0 aromatic rings. The number of hydrogen-bond donors (Lipinski definition) is 1. The van der Waals surface area contributed by atoms with Crippen molar-refractivity contribution in [1.82, 2.24) is 4.90 Å². The standard InChI is InChI=1S/C9H16N2O/c10-9(12)3-4-11-6-7-1-2-8(11)5-7/h7-8H,1-6H2,(H2,10,12). The summed E-state index contributed by atoms with van der Waals surface area (Å²) in [5.41, 5.74) is 5.10. The molecule has 1 saturated carbocycles. The van der Waals surface area contributed by atoms with Crippen molar-refractivity contribution in [3.05, 3.63) is 0 Å². The number of fused-ring (bicyclic) bond motifs is 2. The van der Waals surface area contributed by atoms with Crippen LogP contribution in [0, 0.1) is 5.92 Å². The number of primary amides is 1. The molecular formula is C9H16N2O. The van der Waals surface area contributed by atoms with Crippen molar-refractivity contribution in [2.24, 2.45) is 11.7 Å². The monoisotopic (exact) mass is 168 g/mol. The summed E-state index contributed by atoms with van der Waals surface area (Å²) in [4.78, 5) is 13.0. The van der Waals surface area contributed by atoms with Crippen LogP contribution in [0.25, 0.3) is 0 Å². The van der Waals surface area contributed by atoms with Gasteiger partial charge in [-0.2, -0.15) is 0 Å². The van der Waals surface area contributed by atoms with Gasteiger partial charge in [0.05, 0.1) is 0 Å². The quantitative estimate of drug-likeness (QED) is 0.660. The second-order valence-corrected chi connectivity index (χ2v) is 4.04. The number of piperidine rings is 1. The zero-order chi connectivity index (χ0) is 8.55. The molecule has 68 valence electrons. The third-order valence-corrected chi connectivity index (χ3v) is 3.17. The number of likely N-dealkylation sites (tertiary alicyclic amines) is 1. The number of nitrogens with two attached hydrogens (primary N) is 1. The predicted molar refractivity (Wildman–Crippen MR) is 46.5 cm³/mol. The number of hydrogen-bond acceptors (Lipinski definition) is 2. The molecule has 2 N–H and O–H groups in total. The van der Waals surface area contributed by atoms with Gasteiger partial charge in [-0.3, -0.25) is 9.69 Å². The summed E-state index contributed by atoms with van der Waals surface area (Å²) in [6, 6.07) is 0.773. The van der Waals surface area contributed by atoms with Crippen LogP contribution in [0.2, 0.25) is 0 Å². The second-order valence-electron chi connectivity index (χ2n) is 4.04. The Bertz CT molecular complexity index is 193. The first-order chi connectivity index (χ1) is 5.75. The van der Waals surface area contributed by atoms with Gasteiger partial charge in [-0.15, -0.1) is 0 Å². The van der Waals surface area contributed by atoms with Crippen LogP contribution in [0.1, 0.15) is 25.7 Å². The van der Waals surface area contributed by atoms with Crippen LogP contribution in [-0.2, 0) is 4.79 Å². The summed E-state index contributed by atoms with van der Waals surface area (Å²) in [6.45, 7) is 2.09. The second kappa shape index (κ2) is 3.05. The maximum Gasteiger partial charge on any atom is 0.218 e. The van der Waals surface area contributed by atoms with E-state index in [2.05, 4.69) is 4.90 Å². The van der Waals surface area contributed by atoms with E-state index in [0.29, 0.717) is 6.42 Å². The Balaban J connectivity index is 1.79. The fourth-order valence-corrected chi connectivity index (χ4v) is 2.55. The van der Waals surface area contributed by atoms with E-state index >= 15 is 0 Å². The van der Waals surface area contributed by atoms with E-state index < -0.39 is 0 Å². The molecule has 2 bridgehead atoms. The molecule has 0 radical (unpaired) electrons. The zero-order valence-electron chi connectivity index (χ0n) is 7.33. The Morgan fingerprint density at radius 2 is 2.33 bits per heavy atom. The molecular weight excluding hydrogens is 152 g/mol. The van der Waals surface area contributed by atoms with Crippen LogP contribution in [0.15, 0.2) is 0 Å². The highest BCUT2D eigenvalue weighted by Gasteiger charge is 2.37. The smallest absolute Gasteiger partial charge is 0.218 e. The molecule has 1 heterocycles. The summed E-state index contributed by atoms with van der Waals surface area (Å²) < 4.78 is 0. The van der Waals surface area contributed by atoms with Gasteiger partial charge in [0.2, 0.25) is 5.91 Å². The molecule has 0 spiro atoms. The Labute approximate surface area is 72.9 Å². The fraction of sp³-hybridized carbons (Fsp3) is 0.889. The first kappa shape index (κ1) is 8.05. The lowest BCUT2D eigenvalue weighted by molar-refractivity contribution is -0.118. The van der Waals surface area contributed by atoms with Crippen molar-refractivity contribution in [1.29, 1.82) is 0 Å².